The molecule has 1 N–H and O–H groups in total. The molecule has 0 aliphatic heterocycles. The van der Waals surface area contributed by atoms with Crippen molar-refractivity contribution in [3.05, 3.63) is 47.0 Å². The third-order valence-electron chi connectivity index (χ3n) is 3.76. The van der Waals surface area contributed by atoms with Crippen molar-refractivity contribution >= 4 is 0 Å². The van der Waals surface area contributed by atoms with Crippen molar-refractivity contribution < 1.29 is 0 Å². The van der Waals surface area contributed by atoms with Crippen molar-refractivity contribution in [1.29, 1.82) is 0 Å². The molecule has 2 aromatic heterocycles. The molecule has 0 aromatic carbocycles. The zero-order valence-electron chi connectivity index (χ0n) is 13.6. The molecular formula is C17H26N4. The quantitative estimate of drug-likeness (QED) is 0.850. The van der Waals surface area contributed by atoms with Gasteiger partial charge in [-0.15, -0.1) is 0 Å². The highest BCUT2D eigenvalue weighted by molar-refractivity contribution is 5.22. The van der Waals surface area contributed by atoms with E-state index in [1.54, 1.807) is 0 Å². The van der Waals surface area contributed by atoms with Crippen LogP contribution in [0.1, 0.15) is 49.5 Å². The van der Waals surface area contributed by atoms with Crippen molar-refractivity contribution in [3.63, 3.8) is 0 Å². The molecule has 0 aliphatic carbocycles. The summed E-state index contributed by atoms with van der Waals surface area (Å²) >= 11 is 0. The first-order valence-electron chi connectivity index (χ1n) is 7.89. The number of pyridine rings is 1. The van der Waals surface area contributed by atoms with E-state index in [9.17, 15) is 0 Å². The topological polar surface area (TPSA) is 42.7 Å². The standard InChI is InChI=1S/C17H26N4/c1-5-15-11-16(21(7-3)20-15)12-17(18-6-2)14-8-9-19-13(4)10-14/h8-11,17-18H,5-7,12H2,1-4H3. The van der Waals surface area contributed by atoms with Gasteiger partial charge in [0.05, 0.1) is 5.69 Å². The van der Waals surface area contributed by atoms with Crippen LogP contribution >= 0.6 is 0 Å². The third-order valence-corrected chi connectivity index (χ3v) is 3.76. The molecule has 2 rings (SSSR count). The normalized spacial score (nSPS) is 12.6. The zero-order valence-corrected chi connectivity index (χ0v) is 13.6. The summed E-state index contributed by atoms with van der Waals surface area (Å²) in [4.78, 5) is 4.30. The molecule has 4 nitrogen and oxygen atoms in total. The number of aryl methyl sites for hydroxylation is 3. The lowest BCUT2D eigenvalue weighted by Gasteiger charge is -2.19. The van der Waals surface area contributed by atoms with Crippen LogP contribution < -0.4 is 5.32 Å². The highest BCUT2D eigenvalue weighted by Crippen LogP contribution is 2.20. The van der Waals surface area contributed by atoms with Gasteiger partial charge in [-0.05, 0) is 50.6 Å². The van der Waals surface area contributed by atoms with Crippen LogP contribution in [-0.2, 0) is 19.4 Å². The average molecular weight is 286 g/mol. The Morgan fingerprint density at radius 2 is 2.05 bits per heavy atom. The van der Waals surface area contributed by atoms with Crippen LogP contribution in [-0.4, -0.2) is 21.3 Å². The van der Waals surface area contributed by atoms with Crippen LogP contribution in [0.5, 0.6) is 0 Å². The van der Waals surface area contributed by atoms with Gasteiger partial charge in [0.1, 0.15) is 0 Å². The Labute approximate surface area is 127 Å². The van der Waals surface area contributed by atoms with Gasteiger partial charge in [0.25, 0.3) is 0 Å². The Kier molecular flexibility index (Phi) is 5.51. The van der Waals surface area contributed by atoms with Gasteiger partial charge in [0.15, 0.2) is 0 Å². The fourth-order valence-corrected chi connectivity index (χ4v) is 2.67. The Morgan fingerprint density at radius 3 is 2.67 bits per heavy atom. The van der Waals surface area contributed by atoms with Gasteiger partial charge >= 0.3 is 0 Å². The largest absolute Gasteiger partial charge is 0.310 e. The average Bonchev–Trinajstić information content (AvgIpc) is 2.89. The first-order chi connectivity index (χ1) is 10.2. The van der Waals surface area contributed by atoms with E-state index in [-0.39, 0.29) is 0 Å². The SMILES string of the molecule is CCNC(Cc1cc(CC)nn1CC)c1ccnc(C)c1. The summed E-state index contributed by atoms with van der Waals surface area (Å²) in [6.07, 6.45) is 3.84. The summed E-state index contributed by atoms with van der Waals surface area (Å²) in [7, 11) is 0. The van der Waals surface area contributed by atoms with E-state index in [4.69, 9.17) is 0 Å². The van der Waals surface area contributed by atoms with Crippen molar-refractivity contribution in [2.75, 3.05) is 6.54 Å². The minimum Gasteiger partial charge on any atom is -0.310 e. The van der Waals surface area contributed by atoms with Gasteiger partial charge in [-0.1, -0.05) is 13.8 Å². The molecule has 0 amide bonds. The highest BCUT2D eigenvalue weighted by Gasteiger charge is 2.15. The molecule has 0 radical (unpaired) electrons. The summed E-state index contributed by atoms with van der Waals surface area (Å²) in [5, 5.41) is 8.23. The van der Waals surface area contributed by atoms with Gasteiger partial charge in [-0.25, -0.2) is 0 Å². The van der Waals surface area contributed by atoms with Gasteiger partial charge in [-0.2, -0.15) is 5.10 Å². The van der Waals surface area contributed by atoms with E-state index >= 15 is 0 Å². The maximum Gasteiger partial charge on any atom is 0.0624 e. The minimum absolute atomic E-state index is 0.309. The molecule has 0 bridgehead atoms. The van der Waals surface area contributed by atoms with Crippen LogP contribution in [0.4, 0.5) is 0 Å². The summed E-state index contributed by atoms with van der Waals surface area (Å²) in [6.45, 7) is 10.4. The fourth-order valence-electron chi connectivity index (χ4n) is 2.67. The highest BCUT2D eigenvalue weighted by atomic mass is 15.3. The molecule has 0 spiro atoms. The Balaban J connectivity index is 2.25. The van der Waals surface area contributed by atoms with E-state index in [0.717, 1.165) is 31.6 Å². The van der Waals surface area contributed by atoms with E-state index < -0.39 is 0 Å². The monoisotopic (exact) mass is 286 g/mol. The van der Waals surface area contributed by atoms with Crippen LogP contribution in [0.3, 0.4) is 0 Å². The molecule has 114 valence electrons. The van der Waals surface area contributed by atoms with E-state index in [2.05, 4.69) is 59.1 Å². The molecule has 1 unspecified atom stereocenters. The number of likely N-dealkylation sites (N-methyl/N-ethyl adjacent to an activating group) is 1. The molecule has 0 saturated heterocycles. The molecule has 21 heavy (non-hydrogen) atoms. The molecule has 0 aliphatic rings. The predicted molar refractivity (Wildman–Crippen MR) is 86.4 cm³/mol. The number of hydrogen-bond acceptors (Lipinski definition) is 3. The second-order valence-electron chi connectivity index (χ2n) is 5.34. The van der Waals surface area contributed by atoms with Gasteiger partial charge in [0, 0.05) is 36.6 Å². The van der Waals surface area contributed by atoms with E-state index in [1.165, 1.54) is 17.0 Å². The third kappa shape index (κ3) is 3.91. The molecule has 0 saturated carbocycles. The van der Waals surface area contributed by atoms with Crippen molar-refractivity contribution in [1.82, 2.24) is 20.1 Å². The minimum atomic E-state index is 0.309. The maximum atomic E-state index is 4.65. The molecule has 4 heteroatoms. The van der Waals surface area contributed by atoms with Crippen molar-refractivity contribution in [2.45, 2.75) is 53.1 Å². The number of nitrogens with zero attached hydrogens (tertiary/aromatic N) is 3. The second-order valence-corrected chi connectivity index (χ2v) is 5.34. The van der Waals surface area contributed by atoms with Crippen LogP contribution in [0, 0.1) is 6.92 Å². The fraction of sp³-hybridized carbons (Fsp3) is 0.529. The molecule has 2 heterocycles. The van der Waals surface area contributed by atoms with Crippen molar-refractivity contribution in [3.8, 4) is 0 Å². The summed E-state index contributed by atoms with van der Waals surface area (Å²) in [5.74, 6) is 0. The number of hydrogen-bond donors (Lipinski definition) is 1. The maximum absolute atomic E-state index is 4.65. The van der Waals surface area contributed by atoms with E-state index in [1.807, 2.05) is 13.1 Å². The Bertz CT molecular complexity index is 574. The Morgan fingerprint density at radius 1 is 1.24 bits per heavy atom. The summed E-state index contributed by atoms with van der Waals surface area (Å²) < 4.78 is 2.12. The van der Waals surface area contributed by atoms with Crippen LogP contribution in [0.25, 0.3) is 0 Å². The van der Waals surface area contributed by atoms with Gasteiger partial charge < -0.3 is 5.32 Å². The molecular weight excluding hydrogens is 260 g/mol. The lowest BCUT2D eigenvalue weighted by Crippen LogP contribution is -2.24. The van der Waals surface area contributed by atoms with E-state index in [0.29, 0.717) is 6.04 Å². The summed E-state index contributed by atoms with van der Waals surface area (Å²) in [5.41, 5.74) is 4.84. The Hall–Kier alpha value is -1.68. The van der Waals surface area contributed by atoms with Crippen LogP contribution in [0.15, 0.2) is 24.4 Å². The molecule has 0 fully saturated rings. The number of aromatic nitrogens is 3. The lowest BCUT2D eigenvalue weighted by molar-refractivity contribution is 0.515. The lowest BCUT2D eigenvalue weighted by atomic mass is 10.0. The number of nitrogens with one attached hydrogen (secondary N) is 1. The first-order valence-corrected chi connectivity index (χ1v) is 7.89. The van der Waals surface area contributed by atoms with Gasteiger partial charge in [0.2, 0.25) is 0 Å². The van der Waals surface area contributed by atoms with Crippen molar-refractivity contribution in [2.24, 2.45) is 0 Å². The second kappa shape index (κ2) is 7.36. The summed E-state index contributed by atoms with van der Waals surface area (Å²) in [6, 6.07) is 6.82. The molecule has 1 atom stereocenters. The zero-order chi connectivity index (χ0) is 15.2. The first kappa shape index (κ1) is 15.7. The smallest absolute Gasteiger partial charge is 0.0624 e. The van der Waals surface area contributed by atoms with Gasteiger partial charge in [-0.3, -0.25) is 9.67 Å². The molecule has 2 aromatic rings. The number of rotatable bonds is 7. The predicted octanol–water partition coefficient (Wildman–Crippen LogP) is 3.06. The van der Waals surface area contributed by atoms with Crippen LogP contribution in [0.2, 0.25) is 0 Å².